The number of nitrogens with one attached hydrogen (secondary N) is 1. The standard InChI is InChI=1S/C10H16F3N3O/c1-7(2)16-4-8(3-15-16)9(5-17)14-6-10(11,12)13/h3-4,7,9,14,17H,5-6H2,1-2H3. The van der Waals surface area contributed by atoms with E-state index in [1.165, 1.54) is 6.20 Å². The van der Waals surface area contributed by atoms with E-state index in [2.05, 4.69) is 10.4 Å². The van der Waals surface area contributed by atoms with Crippen molar-refractivity contribution in [3.63, 3.8) is 0 Å². The van der Waals surface area contributed by atoms with Gasteiger partial charge in [0.1, 0.15) is 0 Å². The Morgan fingerprint density at radius 2 is 2.12 bits per heavy atom. The number of hydrogen-bond acceptors (Lipinski definition) is 3. The van der Waals surface area contributed by atoms with Crippen molar-refractivity contribution in [1.29, 1.82) is 0 Å². The van der Waals surface area contributed by atoms with E-state index in [9.17, 15) is 13.2 Å². The largest absolute Gasteiger partial charge is 0.401 e. The molecule has 0 spiro atoms. The van der Waals surface area contributed by atoms with Gasteiger partial charge in [-0.1, -0.05) is 0 Å². The molecule has 0 amide bonds. The van der Waals surface area contributed by atoms with Gasteiger partial charge in [0.25, 0.3) is 0 Å². The van der Waals surface area contributed by atoms with Crippen LogP contribution in [0.15, 0.2) is 12.4 Å². The van der Waals surface area contributed by atoms with Gasteiger partial charge < -0.3 is 5.11 Å². The number of alkyl halides is 3. The van der Waals surface area contributed by atoms with Crippen LogP contribution in [0.2, 0.25) is 0 Å². The van der Waals surface area contributed by atoms with Crippen molar-refractivity contribution in [2.24, 2.45) is 0 Å². The van der Waals surface area contributed by atoms with Gasteiger partial charge in [-0.15, -0.1) is 0 Å². The zero-order chi connectivity index (χ0) is 13.1. The van der Waals surface area contributed by atoms with Gasteiger partial charge in [0.15, 0.2) is 0 Å². The minimum Gasteiger partial charge on any atom is -0.394 e. The topological polar surface area (TPSA) is 50.1 Å². The van der Waals surface area contributed by atoms with Crippen LogP contribution in [-0.4, -0.2) is 34.2 Å². The molecule has 0 saturated heterocycles. The van der Waals surface area contributed by atoms with E-state index in [1.807, 2.05) is 13.8 Å². The highest BCUT2D eigenvalue weighted by Gasteiger charge is 2.28. The molecule has 2 N–H and O–H groups in total. The molecule has 0 aliphatic heterocycles. The fourth-order valence-electron chi connectivity index (χ4n) is 1.34. The van der Waals surface area contributed by atoms with Gasteiger partial charge in [-0.25, -0.2) is 0 Å². The van der Waals surface area contributed by atoms with Gasteiger partial charge in [-0.2, -0.15) is 18.3 Å². The molecule has 0 aliphatic rings. The van der Waals surface area contributed by atoms with Crippen LogP contribution in [0.4, 0.5) is 13.2 Å². The minimum atomic E-state index is -4.29. The fourth-order valence-corrected chi connectivity index (χ4v) is 1.34. The zero-order valence-electron chi connectivity index (χ0n) is 9.70. The van der Waals surface area contributed by atoms with E-state index >= 15 is 0 Å². The Labute approximate surface area is 97.4 Å². The van der Waals surface area contributed by atoms with Crippen LogP contribution in [0.5, 0.6) is 0 Å². The quantitative estimate of drug-likeness (QED) is 0.836. The van der Waals surface area contributed by atoms with Gasteiger partial charge in [-0.3, -0.25) is 10.00 Å². The molecule has 1 rings (SSSR count). The van der Waals surface area contributed by atoms with Crippen LogP contribution in [0, 0.1) is 0 Å². The molecule has 0 aliphatic carbocycles. The Balaban J connectivity index is 2.66. The number of nitrogens with zero attached hydrogens (tertiary/aromatic N) is 2. The molecule has 0 fully saturated rings. The van der Waals surface area contributed by atoms with Crippen molar-refractivity contribution >= 4 is 0 Å². The van der Waals surface area contributed by atoms with E-state index in [4.69, 9.17) is 5.11 Å². The van der Waals surface area contributed by atoms with Crippen LogP contribution in [0.3, 0.4) is 0 Å². The number of rotatable bonds is 5. The summed E-state index contributed by atoms with van der Waals surface area (Å²) in [5.41, 5.74) is 0.547. The number of aliphatic hydroxyl groups is 1. The number of hydrogen-bond donors (Lipinski definition) is 2. The molecule has 1 aromatic heterocycles. The lowest BCUT2D eigenvalue weighted by Gasteiger charge is -2.16. The third kappa shape index (κ3) is 4.35. The van der Waals surface area contributed by atoms with Crippen LogP contribution in [0.1, 0.15) is 31.5 Å². The van der Waals surface area contributed by atoms with Crippen LogP contribution in [0.25, 0.3) is 0 Å². The van der Waals surface area contributed by atoms with Crippen LogP contribution < -0.4 is 5.32 Å². The van der Waals surface area contributed by atoms with Crippen LogP contribution >= 0.6 is 0 Å². The zero-order valence-corrected chi connectivity index (χ0v) is 9.70. The first-order valence-electron chi connectivity index (χ1n) is 5.28. The highest BCUT2D eigenvalue weighted by molar-refractivity contribution is 5.10. The Kier molecular flexibility index (Phi) is 4.53. The van der Waals surface area contributed by atoms with Crippen molar-refractivity contribution in [3.8, 4) is 0 Å². The molecule has 1 atom stereocenters. The SMILES string of the molecule is CC(C)n1cc(C(CO)NCC(F)(F)F)cn1. The predicted octanol–water partition coefficient (Wildman–Crippen LogP) is 1.65. The maximum Gasteiger partial charge on any atom is 0.401 e. The van der Waals surface area contributed by atoms with Gasteiger partial charge in [-0.05, 0) is 13.8 Å². The summed E-state index contributed by atoms with van der Waals surface area (Å²) in [7, 11) is 0. The van der Waals surface area contributed by atoms with E-state index in [0.717, 1.165) is 0 Å². The number of aliphatic hydroxyl groups excluding tert-OH is 1. The molecule has 7 heteroatoms. The van der Waals surface area contributed by atoms with Gasteiger partial charge in [0, 0.05) is 17.8 Å². The van der Waals surface area contributed by atoms with Gasteiger partial charge in [0.2, 0.25) is 0 Å². The fraction of sp³-hybridized carbons (Fsp3) is 0.700. The Morgan fingerprint density at radius 1 is 1.47 bits per heavy atom. The highest BCUT2D eigenvalue weighted by Crippen LogP contribution is 2.17. The highest BCUT2D eigenvalue weighted by atomic mass is 19.4. The summed E-state index contributed by atoms with van der Waals surface area (Å²) in [6.45, 7) is 2.28. The first-order valence-corrected chi connectivity index (χ1v) is 5.28. The summed E-state index contributed by atoms with van der Waals surface area (Å²) >= 11 is 0. The maximum absolute atomic E-state index is 12.0. The summed E-state index contributed by atoms with van der Waals surface area (Å²) in [6.07, 6.45) is -1.19. The Hall–Kier alpha value is -1.08. The summed E-state index contributed by atoms with van der Waals surface area (Å²) < 4.78 is 37.7. The lowest BCUT2D eigenvalue weighted by Crippen LogP contribution is -2.33. The molecule has 1 aromatic rings. The molecule has 17 heavy (non-hydrogen) atoms. The molecule has 0 radical (unpaired) electrons. The summed E-state index contributed by atoms with van der Waals surface area (Å²) in [6, 6.07) is -0.616. The third-order valence-corrected chi connectivity index (χ3v) is 2.28. The lowest BCUT2D eigenvalue weighted by molar-refractivity contribution is -0.126. The van der Waals surface area contributed by atoms with Crippen molar-refractivity contribution in [2.45, 2.75) is 32.1 Å². The molecule has 0 aromatic carbocycles. The number of aromatic nitrogens is 2. The van der Waals surface area contributed by atoms with Crippen molar-refractivity contribution < 1.29 is 18.3 Å². The number of halogens is 3. The lowest BCUT2D eigenvalue weighted by atomic mass is 10.2. The molecule has 1 heterocycles. The predicted molar refractivity (Wildman–Crippen MR) is 56.5 cm³/mol. The second-order valence-electron chi connectivity index (χ2n) is 4.08. The Bertz CT molecular complexity index is 349. The van der Waals surface area contributed by atoms with Crippen LogP contribution in [-0.2, 0) is 0 Å². The third-order valence-electron chi connectivity index (χ3n) is 2.28. The summed E-state index contributed by atoms with van der Waals surface area (Å²) in [5, 5.41) is 15.3. The minimum absolute atomic E-state index is 0.130. The molecule has 4 nitrogen and oxygen atoms in total. The van der Waals surface area contributed by atoms with Crippen molar-refractivity contribution in [3.05, 3.63) is 18.0 Å². The van der Waals surface area contributed by atoms with E-state index < -0.39 is 25.4 Å². The second-order valence-corrected chi connectivity index (χ2v) is 4.08. The van der Waals surface area contributed by atoms with Gasteiger partial charge >= 0.3 is 6.18 Å². The maximum atomic E-state index is 12.0. The summed E-state index contributed by atoms with van der Waals surface area (Å²) in [5.74, 6) is 0. The molecule has 1 unspecified atom stereocenters. The molecular weight excluding hydrogens is 235 g/mol. The average molecular weight is 251 g/mol. The average Bonchev–Trinajstić information content (AvgIpc) is 2.66. The molecular formula is C10H16F3N3O. The second kappa shape index (κ2) is 5.50. The molecule has 98 valence electrons. The van der Waals surface area contributed by atoms with Crippen molar-refractivity contribution in [2.75, 3.05) is 13.2 Å². The van der Waals surface area contributed by atoms with E-state index in [1.54, 1.807) is 10.9 Å². The normalized spacial score (nSPS) is 14.3. The van der Waals surface area contributed by atoms with Gasteiger partial charge in [0.05, 0.1) is 25.4 Å². The first-order chi connectivity index (χ1) is 7.83. The molecule has 0 bridgehead atoms. The summed E-state index contributed by atoms with van der Waals surface area (Å²) in [4.78, 5) is 0. The first kappa shape index (κ1) is 14.0. The monoisotopic (exact) mass is 251 g/mol. The van der Waals surface area contributed by atoms with E-state index in [0.29, 0.717) is 5.56 Å². The smallest absolute Gasteiger partial charge is 0.394 e. The Morgan fingerprint density at radius 3 is 2.53 bits per heavy atom. The van der Waals surface area contributed by atoms with Crippen molar-refractivity contribution in [1.82, 2.24) is 15.1 Å². The van der Waals surface area contributed by atoms with E-state index in [-0.39, 0.29) is 6.04 Å². The molecule has 0 saturated carbocycles.